The van der Waals surface area contributed by atoms with E-state index in [0.717, 1.165) is 24.3 Å². The van der Waals surface area contributed by atoms with Crippen LogP contribution in [0.15, 0.2) is 65.7 Å². The number of nitrogens with zero attached hydrogens (tertiary/aromatic N) is 1. The quantitative estimate of drug-likeness (QED) is 0.571. The number of benzene rings is 2. The first-order valence-corrected chi connectivity index (χ1v) is 10.0. The van der Waals surface area contributed by atoms with E-state index in [0.29, 0.717) is 5.69 Å². The molecule has 0 aliphatic carbocycles. The number of ether oxygens (including phenoxy) is 1. The second-order valence-electron chi connectivity index (χ2n) is 5.80. The van der Waals surface area contributed by atoms with Crippen molar-refractivity contribution in [1.29, 1.82) is 0 Å². The van der Waals surface area contributed by atoms with Crippen LogP contribution in [-0.4, -0.2) is 26.4 Å². The lowest BCUT2D eigenvalue weighted by molar-refractivity contribution is 0.102. The minimum absolute atomic E-state index is 0.0994. The number of pyridine rings is 1. The van der Waals surface area contributed by atoms with E-state index in [2.05, 4.69) is 15.0 Å². The lowest BCUT2D eigenvalue weighted by Gasteiger charge is -2.14. The van der Waals surface area contributed by atoms with Gasteiger partial charge in [-0.15, -0.1) is 0 Å². The second-order valence-corrected chi connectivity index (χ2v) is 7.87. The van der Waals surface area contributed by atoms with Gasteiger partial charge < -0.3 is 10.1 Å². The number of rotatable bonds is 6. The van der Waals surface area contributed by atoms with Crippen molar-refractivity contribution in [2.24, 2.45) is 0 Å². The molecule has 1 heterocycles. The summed E-state index contributed by atoms with van der Waals surface area (Å²) < 4.78 is 45.8. The van der Waals surface area contributed by atoms with Crippen molar-refractivity contribution in [3.63, 3.8) is 0 Å². The lowest BCUT2D eigenvalue weighted by Crippen LogP contribution is -2.15. The van der Waals surface area contributed by atoms with E-state index < -0.39 is 21.7 Å². The topological polar surface area (TPSA) is 97.4 Å². The van der Waals surface area contributed by atoms with Crippen LogP contribution in [0.1, 0.15) is 10.4 Å². The Kier molecular flexibility index (Phi) is 6.00. The van der Waals surface area contributed by atoms with Gasteiger partial charge in [0.15, 0.2) is 0 Å². The maximum Gasteiger partial charge on any atom is 0.262 e. The number of nitrogens with one attached hydrogen (secondary N) is 2. The molecule has 0 saturated heterocycles. The molecule has 0 aliphatic heterocycles. The Labute approximate surface area is 171 Å². The van der Waals surface area contributed by atoms with Crippen molar-refractivity contribution >= 4 is 38.9 Å². The minimum atomic E-state index is -4.00. The first kappa shape index (κ1) is 20.6. The standard InChI is InChI=1S/C19H15ClFN3O4S/c1-28-17-7-4-14(23-19(25)12-8-9-22-18(20)10-12)11-16(17)24-29(26,27)15-5-2-13(21)3-6-15/h2-11,24H,1H3,(H,23,25). The summed E-state index contributed by atoms with van der Waals surface area (Å²) in [6.45, 7) is 0. The van der Waals surface area contributed by atoms with Crippen molar-refractivity contribution in [3.05, 3.63) is 77.3 Å². The Balaban J connectivity index is 1.87. The highest BCUT2D eigenvalue weighted by Crippen LogP contribution is 2.30. The maximum atomic E-state index is 13.1. The molecule has 10 heteroatoms. The summed E-state index contributed by atoms with van der Waals surface area (Å²) in [6, 6.07) is 11.7. The van der Waals surface area contributed by atoms with Crippen molar-refractivity contribution < 1.29 is 22.3 Å². The van der Waals surface area contributed by atoms with Crippen LogP contribution in [-0.2, 0) is 10.0 Å². The van der Waals surface area contributed by atoms with E-state index in [-0.39, 0.29) is 27.0 Å². The number of carbonyl (C=O) groups excluding carboxylic acids is 1. The van der Waals surface area contributed by atoms with Gasteiger partial charge in [0.2, 0.25) is 0 Å². The zero-order chi connectivity index (χ0) is 21.0. The molecule has 2 N–H and O–H groups in total. The van der Waals surface area contributed by atoms with Crippen LogP contribution in [0.2, 0.25) is 5.15 Å². The summed E-state index contributed by atoms with van der Waals surface area (Å²) in [5.74, 6) is -0.769. The van der Waals surface area contributed by atoms with E-state index in [9.17, 15) is 17.6 Å². The van der Waals surface area contributed by atoms with Crippen LogP contribution < -0.4 is 14.8 Å². The van der Waals surface area contributed by atoms with Crippen molar-refractivity contribution in [1.82, 2.24) is 4.98 Å². The Morgan fingerprint density at radius 3 is 2.48 bits per heavy atom. The third kappa shape index (κ3) is 5.01. The average molecular weight is 436 g/mol. The Bertz CT molecular complexity index is 1150. The molecule has 0 fully saturated rings. The molecular weight excluding hydrogens is 421 g/mol. The van der Waals surface area contributed by atoms with Crippen molar-refractivity contribution in [3.8, 4) is 5.75 Å². The maximum absolute atomic E-state index is 13.1. The number of hydrogen-bond donors (Lipinski definition) is 2. The lowest BCUT2D eigenvalue weighted by atomic mass is 10.2. The molecule has 0 unspecified atom stereocenters. The van der Waals surface area contributed by atoms with Gasteiger partial charge in [-0.2, -0.15) is 0 Å². The number of sulfonamides is 1. The Morgan fingerprint density at radius 2 is 1.83 bits per heavy atom. The number of hydrogen-bond acceptors (Lipinski definition) is 5. The predicted molar refractivity (Wildman–Crippen MR) is 107 cm³/mol. The molecule has 0 aliphatic rings. The molecule has 1 amide bonds. The highest BCUT2D eigenvalue weighted by Gasteiger charge is 2.18. The molecule has 0 saturated carbocycles. The Hall–Kier alpha value is -3.17. The number of aromatic nitrogens is 1. The van der Waals surface area contributed by atoms with E-state index in [4.69, 9.17) is 16.3 Å². The first-order valence-electron chi connectivity index (χ1n) is 8.18. The van der Waals surface area contributed by atoms with E-state index in [1.165, 1.54) is 37.6 Å². The largest absolute Gasteiger partial charge is 0.495 e. The molecule has 0 radical (unpaired) electrons. The van der Waals surface area contributed by atoms with E-state index in [1.54, 1.807) is 6.07 Å². The van der Waals surface area contributed by atoms with Crippen LogP contribution in [0.4, 0.5) is 15.8 Å². The van der Waals surface area contributed by atoms with Gasteiger partial charge in [-0.3, -0.25) is 9.52 Å². The van der Waals surface area contributed by atoms with Gasteiger partial charge in [0.25, 0.3) is 15.9 Å². The average Bonchev–Trinajstić information content (AvgIpc) is 2.68. The zero-order valence-electron chi connectivity index (χ0n) is 15.0. The van der Waals surface area contributed by atoms with Crippen LogP contribution in [0.3, 0.4) is 0 Å². The predicted octanol–water partition coefficient (Wildman–Crippen LogP) is 3.94. The van der Waals surface area contributed by atoms with Crippen LogP contribution in [0, 0.1) is 5.82 Å². The van der Waals surface area contributed by atoms with Crippen LogP contribution >= 0.6 is 11.6 Å². The molecule has 29 heavy (non-hydrogen) atoms. The molecule has 0 atom stereocenters. The molecule has 0 spiro atoms. The highest BCUT2D eigenvalue weighted by atomic mass is 35.5. The molecule has 3 rings (SSSR count). The van der Waals surface area contributed by atoms with Crippen molar-refractivity contribution in [2.75, 3.05) is 17.1 Å². The smallest absolute Gasteiger partial charge is 0.262 e. The van der Waals surface area contributed by atoms with Gasteiger partial charge in [0.05, 0.1) is 17.7 Å². The van der Waals surface area contributed by atoms with Crippen molar-refractivity contribution in [2.45, 2.75) is 4.90 Å². The third-order valence-electron chi connectivity index (χ3n) is 3.81. The van der Waals surface area contributed by atoms with Crippen LogP contribution in [0.5, 0.6) is 5.75 Å². The van der Waals surface area contributed by atoms with Gasteiger partial charge in [0.1, 0.15) is 16.7 Å². The number of carbonyl (C=O) groups is 1. The number of anilines is 2. The second kappa shape index (κ2) is 8.46. The van der Waals surface area contributed by atoms with Gasteiger partial charge in [-0.1, -0.05) is 11.6 Å². The SMILES string of the molecule is COc1ccc(NC(=O)c2ccnc(Cl)c2)cc1NS(=O)(=O)c1ccc(F)cc1. The number of amides is 1. The van der Waals surface area contributed by atoms with E-state index >= 15 is 0 Å². The van der Waals surface area contributed by atoms with Gasteiger partial charge in [-0.25, -0.2) is 17.8 Å². The summed E-state index contributed by atoms with van der Waals surface area (Å²) in [6.07, 6.45) is 1.40. The molecule has 2 aromatic carbocycles. The van der Waals surface area contributed by atoms with Gasteiger partial charge >= 0.3 is 0 Å². The van der Waals surface area contributed by atoms with Gasteiger partial charge in [0, 0.05) is 17.4 Å². The molecular formula is C19H15ClFN3O4S. The van der Waals surface area contributed by atoms with Gasteiger partial charge in [-0.05, 0) is 54.6 Å². The minimum Gasteiger partial charge on any atom is -0.495 e. The monoisotopic (exact) mass is 435 g/mol. The molecule has 1 aromatic heterocycles. The first-order chi connectivity index (χ1) is 13.8. The molecule has 150 valence electrons. The molecule has 3 aromatic rings. The summed E-state index contributed by atoms with van der Waals surface area (Å²) in [4.78, 5) is 16.1. The fourth-order valence-electron chi connectivity index (χ4n) is 2.43. The van der Waals surface area contributed by atoms with Crippen LogP contribution in [0.25, 0.3) is 0 Å². The fraction of sp³-hybridized carbons (Fsp3) is 0.0526. The normalized spacial score (nSPS) is 11.0. The summed E-state index contributed by atoms with van der Waals surface area (Å²) in [5, 5.41) is 2.81. The summed E-state index contributed by atoms with van der Waals surface area (Å²) in [5.41, 5.74) is 0.706. The number of halogens is 2. The molecule has 7 nitrogen and oxygen atoms in total. The summed E-state index contributed by atoms with van der Waals surface area (Å²) >= 11 is 5.79. The fourth-order valence-corrected chi connectivity index (χ4v) is 3.67. The summed E-state index contributed by atoms with van der Waals surface area (Å²) in [7, 11) is -2.62. The number of methoxy groups -OCH3 is 1. The Morgan fingerprint density at radius 1 is 1.10 bits per heavy atom. The highest BCUT2D eigenvalue weighted by molar-refractivity contribution is 7.92. The van der Waals surface area contributed by atoms with E-state index in [1.807, 2.05) is 0 Å². The zero-order valence-corrected chi connectivity index (χ0v) is 16.6. The third-order valence-corrected chi connectivity index (χ3v) is 5.40. The molecule has 0 bridgehead atoms.